The van der Waals surface area contributed by atoms with Crippen LogP contribution < -0.4 is 14.9 Å². The normalized spacial score (nSPS) is 12.0. The minimum Gasteiger partial charge on any atom is -0.487 e. The molecule has 0 fully saturated rings. The van der Waals surface area contributed by atoms with Crippen molar-refractivity contribution >= 4 is 27.5 Å². The summed E-state index contributed by atoms with van der Waals surface area (Å²) in [6.45, 7) is 5.58. The Hall–Kier alpha value is -3.50. The number of aliphatic hydroxyl groups excluding tert-OH is 1. The maximum Gasteiger partial charge on any atom is 0.305 e. The van der Waals surface area contributed by atoms with Crippen LogP contribution in [0.15, 0.2) is 77.6 Å². The second-order valence-electron chi connectivity index (χ2n) is 10.2. The second-order valence-corrected chi connectivity index (χ2v) is 11.2. The molecule has 3 aromatic carbocycles. The molecule has 0 spiro atoms. The van der Waals surface area contributed by atoms with Gasteiger partial charge in [0.25, 0.3) is 0 Å². The van der Waals surface area contributed by atoms with Gasteiger partial charge in [0.1, 0.15) is 17.9 Å². The molecule has 0 saturated heterocycles. The number of aromatic amines is 1. The van der Waals surface area contributed by atoms with Gasteiger partial charge in [-0.05, 0) is 30.0 Å². The van der Waals surface area contributed by atoms with Gasteiger partial charge in [-0.3, -0.25) is 9.59 Å². The SMILES string of the molecule is CCCCN(CCNC[C@H](O)c1ccc(OCc2ccccc2)c2[nH]c(=O)sc12)C(=O)CCOCCc1ccccc1. The van der Waals surface area contributed by atoms with Gasteiger partial charge in [-0.2, -0.15) is 0 Å². The summed E-state index contributed by atoms with van der Waals surface area (Å²) in [5.74, 6) is 0.653. The van der Waals surface area contributed by atoms with Crippen LogP contribution in [0, 0.1) is 0 Å². The Bertz CT molecular complexity index is 1420. The van der Waals surface area contributed by atoms with Gasteiger partial charge in [0, 0.05) is 31.7 Å². The highest BCUT2D eigenvalue weighted by Crippen LogP contribution is 2.32. The maximum atomic E-state index is 12.9. The number of hydrogen-bond donors (Lipinski definition) is 3. The first-order valence-electron chi connectivity index (χ1n) is 14.7. The van der Waals surface area contributed by atoms with Crippen molar-refractivity contribution in [2.75, 3.05) is 39.4 Å². The maximum absolute atomic E-state index is 12.9. The van der Waals surface area contributed by atoms with Gasteiger partial charge in [0.05, 0.1) is 30.4 Å². The Morgan fingerprint density at radius 3 is 2.48 bits per heavy atom. The number of nitrogens with one attached hydrogen (secondary N) is 2. The fourth-order valence-electron chi connectivity index (χ4n) is 4.67. The van der Waals surface area contributed by atoms with Crippen molar-refractivity contribution < 1.29 is 19.4 Å². The zero-order valence-electron chi connectivity index (χ0n) is 24.2. The fraction of sp³-hybridized carbons (Fsp3) is 0.394. The van der Waals surface area contributed by atoms with Crippen LogP contribution in [0.25, 0.3) is 10.2 Å². The van der Waals surface area contributed by atoms with Gasteiger partial charge in [-0.25, -0.2) is 0 Å². The molecule has 1 heterocycles. The summed E-state index contributed by atoms with van der Waals surface area (Å²) < 4.78 is 12.4. The third kappa shape index (κ3) is 9.52. The first-order chi connectivity index (χ1) is 20.5. The van der Waals surface area contributed by atoms with E-state index in [-0.39, 0.29) is 10.8 Å². The van der Waals surface area contributed by atoms with Crippen LogP contribution in [0.1, 0.15) is 49.0 Å². The van der Waals surface area contributed by atoms with E-state index in [4.69, 9.17) is 9.47 Å². The predicted octanol–water partition coefficient (Wildman–Crippen LogP) is 5.07. The molecule has 1 atom stereocenters. The molecule has 0 aliphatic carbocycles. The Morgan fingerprint density at radius 1 is 1.00 bits per heavy atom. The van der Waals surface area contributed by atoms with Crippen molar-refractivity contribution in [3.05, 3.63) is 99.2 Å². The molecule has 0 aliphatic rings. The highest BCUT2D eigenvalue weighted by atomic mass is 32.1. The summed E-state index contributed by atoms with van der Waals surface area (Å²) in [5, 5.41) is 14.3. The number of rotatable bonds is 18. The van der Waals surface area contributed by atoms with Gasteiger partial charge in [-0.15, -0.1) is 0 Å². The molecule has 42 heavy (non-hydrogen) atoms. The molecule has 0 radical (unpaired) electrons. The third-order valence-corrected chi connectivity index (χ3v) is 7.97. The number of carbonyl (C=O) groups excluding carboxylic acids is 1. The van der Waals surface area contributed by atoms with E-state index < -0.39 is 6.10 Å². The van der Waals surface area contributed by atoms with Crippen molar-refractivity contribution in [3.8, 4) is 5.75 Å². The molecule has 0 bridgehead atoms. The van der Waals surface area contributed by atoms with E-state index >= 15 is 0 Å². The number of carbonyl (C=O) groups is 1. The molecule has 0 aliphatic heterocycles. The Labute approximate surface area is 251 Å². The standard InChI is InChI=1S/C33H41N3O5S/c1-2-3-19-36(30(38)17-22-40-21-16-25-10-6-4-7-11-25)20-18-34-23-28(37)27-14-15-29(31-32(27)42-33(39)35-31)41-24-26-12-8-5-9-13-26/h4-15,28,34,37H,2-3,16-24H2,1H3,(H,35,39)/t28-/m0/s1. The van der Waals surface area contributed by atoms with Gasteiger partial charge >= 0.3 is 4.87 Å². The Morgan fingerprint density at radius 2 is 1.74 bits per heavy atom. The summed E-state index contributed by atoms with van der Waals surface area (Å²) in [7, 11) is 0. The number of fused-ring (bicyclic) bond motifs is 1. The van der Waals surface area contributed by atoms with Crippen molar-refractivity contribution in [1.29, 1.82) is 0 Å². The number of hydrogen-bond acceptors (Lipinski definition) is 7. The third-order valence-electron chi connectivity index (χ3n) is 7.04. The summed E-state index contributed by atoms with van der Waals surface area (Å²) in [6, 6.07) is 23.6. The van der Waals surface area contributed by atoms with Gasteiger partial charge in [0.15, 0.2) is 0 Å². The number of benzene rings is 3. The first-order valence-corrected chi connectivity index (χ1v) is 15.5. The predicted molar refractivity (Wildman–Crippen MR) is 168 cm³/mol. The lowest BCUT2D eigenvalue weighted by atomic mass is 10.1. The molecule has 9 heteroatoms. The number of H-pyrrole nitrogens is 1. The van der Waals surface area contributed by atoms with Gasteiger partial charge in [-0.1, -0.05) is 91.4 Å². The lowest BCUT2D eigenvalue weighted by Gasteiger charge is -2.23. The Kier molecular flexibility index (Phi) is 12.6. The zero-order chi connectivity index (χ0) is 29.6. The van der Waals surface area contributed by atoms with Crippen LogP contribution in [0.3, 0.4) is 0 Å². The molecule has 0 unspecified atom stereocenters. The number of amides is 1. The molecule has 0 saturated carbocycles. The fourth-order valence-corrected chi connectivity index (χ4v) is 5.59. The van der Waals surface area contributed by atoms with Crippen molar-refractivity contribution in [1.82, 2.24) is 15.2 Å². The summed E-state index contributed by atoms with van der Waals surface area (Å²) >= 11 is 1.07. The summed E-state index contributed by atoms with van der Waals surface area (Å²) in [5.41, 5.74) is 3.51. The molecule has 4 rings (SSSR count). The van der Waals surface area contributed by atoms with Crippen LogP contribution in [0.5, 0.6) is 5.75 Å². The molecule has 4 aromatic rings. The molecule has 8 nitrogen and oxygen atoms in total. The minimum atomic E-state index is -0.820. The molecule has 3 N–H and O–H groups in total. The molecule has 1 amide bonds. The van der Waals surface area contributed by atoms with E-state index in [0.29, 0.717) is 74.0 Å². The highest BCUT2D eigenvalue weighted by molar-refractivity contribution is 7.16. The van der Waals surface area contributed by atoms with E-state index in [2.05, 4.69) is 29.4 Å². The monoisotopic (exact) mass is 591 g/mol. The number of unbranched alkanes of at least 4 members (excludes halogenated alkanes) is 1. The Balaban J connectivity index is 1.24. The largest absolute Gasteiger partial charge is 0.487 e. The summed E-state index contributed by atoms with van der Waals surface area (Å²) in [4.78, 5) is 29.6. The average molecular weight is 592 g/mol. The minimum absolute atomic E-state index is 0.0791. The lowest BCUT2D eigenvalue weighted by Crippen LogP contribution is -2.38. The smallest absolute Gasteiger partial charge is 0.305 e. The van der Waals surface area contributed by atoms with E-state index in [1.54, 1.807) is 6.07 Å². The number of nitrogens with zero attached hydrogens (tertiary/aromatic N) is 1. The van der Waals surface area contributed by atoms with Crippen LogP contribution in [-0.2, 0) is 22.6 Å². The van der Waals surface area contributed by atoms with Crippen molar-refractivity contribution in [3.63, 3.8) is 0 Å². The van der Waals surface area contributed by atoms with Gasteiger partial charge in [0.2, 0.25) is 5.91 Å². The second kappa shape index (κ2) is 16.8. The van der Waals surface area contributed by atoms with E-state index in [0.717, 1.165) is 36.2 Å². The number of thiazole rings is 1. The zero-order valence-corrected chi connectivity index (χ0v) is 25.0. The van der Waals surface area contributed by atoms with E-state index in [1.165, 1.54) is 5.56 Å². The van der Waals surface area contributed by atoms with E-state index in [9.17, 15) is 14.7 Å². The molecule has 1 aromatic heterocycles. The molecule has 224 valence electrons. The van der Waals surface area contributed by atoms with Crippen LogP contribution in [0.2, 0.25) is 0 Å². The molecular weight excluding hydrogens is 550 g/mol. The number of aliphatic hydroxyl groups is 1. The number of aromatic nitrogens is 1. The van der Waals surface area contributed by atoms with E-state index in [1.807, 2.05) is 59.5 Å². The highest BCUT2D eigenvalue weighted by Gasteiger charge is 2.18. The number of ether oxygens (including phenoxy) is 2. The van der Waals surface area contributed by atoms with Gasteiger partial charge < -0.3 is 29.8 Å². The van der Waals surface area contributed by atoms with Crippen LogP contribution in [0.4, 0.5) is 0 Å². The summed E-state index contributed by atoms with van der Waals surface area (Å²) in [6.07, 6.45) is 2.30. The first kappa shape index (κ1) is 31.4. The lowest BCUT2D eigenvalue weighted by molar-refractivity contribution is -0.132. The van der Waals surface area contributed by atoms with Crippen molar-refractivity contribution in [2.45, 2.75) is 45.3 Å². The molecular formula is C33H41N3O5S. The topological polar surface area (TPSA) is 104 Å². The average Bonchev–Trinajstić information content (AvgIpc) is 3.41. The van der Waals surface area contributed by atoms with Crippen LogP contribution in [-0.4, -0.2) is 60.3 Å². The van der Waals surface area contributed by atoms with Crippen LogP contribution >= 0.6 is 11.3 Å². The quantitative estimate of drug-likeness (QED) is 0.140. The van der Waals surface area contributed by atoms with Crippen molar-refractivity contribution in [2.24, 2.45) is 0 Å².